The summed E-state index contributed by atoms with van der Waals surface area (Å²) in [7, 11) is -2.49. The third-order valence-electron chi connectivity index (χ3n) is 2.55. The molecule has 0 amide bonds. The molecule has 0 spiro atoms. The number of nitrogens with two attached hydrogens (primary N) is 1. The van der Waals surface area contributed by atoms with Crippen molar-refractivity contribution in [1.29, 1.82) is 0 Å². The molecule has 106 valence electrons. The minimum Gasteiger partial charge on any atom is -0.324 e. The Morgan fingerprint density at radius 1 is 1.47 bits per heavy atom. The number of hydrogen-bond donors (Lipinski definition) is 2. The number of nitro benzene ring substituents is 1. The van der Waals surface area contributed by atoms with Crippen molar-refractivity contribution in [3.63, 3.8) is 0 Å². The Kier molecular flexibility index (Phi) is 4.81. The number of rotatable bonds is 6. The number of nitrogens with one attached hydrogen (secondary N) is 1. The van der Waals surface area contributed by atoms with Crippen molar-refractivity contribution in [3.05, 3.63) is 28.3 Å². The summed E-state index contributed by atoms with van der Waals surface area (Å²) < 4.78 is 25.5. The van der Waals surface area contributed by atoms with Crippen LogP contribution in [-0.4, -0.2) is 31.2 Å². The first-order valence-corrected chi connectivity index (χ1v) is 7.00. The van der Waals surface area contributed by atoms with E-state index in [0.717, 1.165) is 10.4 Å². The van der Waals surface area contributed by atoms with Gasteiger partial charge in [0.05, 0.1) is 10.6 Å². The van der Waals surface area contributed by atoms with Gasteiger partial charge in [-0.3, -0.25) is 16.0 Å². The quantitative estimate of drug-likeness (QED) is 0.456. The summed E-state index contributed by atoms with van der Waals surface area (Å²) in [6.45, 7) is 2.11. The Balaban J connectivity index is 3.38. The summed E-state index contributed by atoms with van der Waals surface area (Å²) in [6, 6.07) is 3.64. The van der Waals surface area contributed by atoms with Gasteiger partial charge >= 0.3 is 0 Å². The Morgan fingerprint density at radius 3 is 2.58 bits per heavy atom. The van der Waals surface area contributed by atoms with Gasteiger partial charge in [-0.2, -0.15) is 0 Å². The van der Waals surface area contributed by atoms with Crippen LogP contribution in [0.1, 0.15) is 13.3 Å². The molecule has 0 aliphatic carbocycles. The van der Waals surface area contributed by atoms with E-state index in [0.29, 0.717) is 6.42 Å². The Morgan fingerprint density at radius 2 is 2.11 bits per heavy atom. The lowest BCUT2D eigenvalue weighted by molar-refractivity contribution is -0.387. The maximum Gasteiger partial charge on any atom is 0.291 e. The third-order valence-corrected chi connectivity index (χ3v) is 4.45. The molecule has 0 aliphatic heterocycles. The Labute approximate surface area is 111 Å². The molecule has 1 rings (SSSR count). The zero-order valence-electron chi connectivity index (χ0n) is 10.7. The highest BCUT2D eigenvalue weighted by Crippen LogP contribution is 2.28. The first-order chi connectivity index (χ1) is 8.84. The van der Waals surface area contributed by atoms with Crippen molar-refractivity contribution in [1.82, 2.24) is 4.31 Å². The van der Waals surface area contributed by atoms with E-state index in [-0.39, 0.29) is 17.1 Å². The van der Waals surface area contributed by atoms with Gasteiger partial charge in [0.1, 0.15) is 0 Å². The van der Waals surface area contributed by atoms with Crippen LogP contribution in [0.5, 0.6) is 0 Å². The predicted octanol–water partition coefficient (Wildman–Crippen LogP) is 0.911. The zero-order valence-corrected chi connectivity index (χ0v) is 11.5. The summed E-state index contributed by atoms with van der Waals surface area (Å²) in [5.41, 5.74) is 2.01. The van der Waals surface area contributed by atoms with Gasteiger partial charge in [-0.15, -0.1) is 0 Å². The molecule has 0 saturated carbocycles. The first-order valence-electron chi connectivity index (χ1n) is 5.56. The first kappa shape index (κ1) is 15.3. The minimum atomic E-state index is -3.88. The smallest absolute Gasteiger partial charge is 0.291 e. The predicted molar refractivity (Wildman–Crippen MR) is 71.0 cm³/mol. The molecule has 1 aromatic rings. The molecule has 0 unspecified atom stereocenters. The summed E-state index contributed by atoms with van der Waals surface area (Å²) in [5.74, 6) is 5.15. The summed E-state index contributed by atoms with van der Waals surface area (Å²) in [5, 5.41) is 11.0. The second-order valence-electron chi connectivity index (χ2n) is 3.91. The molecule has 9 heteroatoms. The number of hydrogen-bond acceptors (Lipinski definition) is 6. The van der Waals surface area contributed by atoms with Gasteiger partial charge in [0.15, 0.2) is 4.90 Å². The molecule has 0 atom stereocenters. The van der Waals surface area contributed by atoms with E-state index in [4.69, 9.17) is 5.84 Å². The topological polar surface area (TPSA) is 119 Å². The number of nitrogens with zero attached hydrogens (tertiary/aromatic N) is 2. The average molecular weight is 288 g/mol. The monoisotopic (exact) mass is 288 g/mol. The highest BCUT2D eigenvalue weighted by atomic mass is 32.2. The highest BCUT2D eigenvalue weighted by Gasteiger charge is 2.29. The molecule has 0 saturated heterocycles. The van der Waals surface area contributed by atoms with Crippen LogP contribution < -0.4 is 11.3 Å². The van der Waals surface area contributed by atoms with Gasteiger partial charge in [0.25, 0.3) is 5.69 Å². The van der Waals surface area contributed by atoms with Crippen LogP contribution in [0.25, 0.3) is 0 Å². The number of nitrogen functional groups attached to an aromatic ring is 1. The molecular formula is C10H16N4O4S. The van der Waals surface area contributed by atoms with Gasteiger partial charge in [0.2, 0.25) is 10.0 Å². The molecule has 0 aromatic heterocycles. The summed E-state index contributed by atoms with van der Waals surface area (Å²) >= 11 is 0. The lowest BCUT2D eigenvalue weighted by Crippen LogP contribution is -2.28. The molecule has 1 aromatic carbocycles. The number of benzene rings is 1. The van der Waals surface area contributed by atoms with E-state index in [1.807, 2.05) is 6.92 Å². The molecule has 8 nitrogen and oxygen atoms in total. The van der Waals surface area contributed by atoms with Crippen molar-refractivity contribution < 1.29 is 13.3 Å². The van der Waals surface area contributed by atoms with E-state index in [1.54, 1.807) is 0 Å². The number of nitro groups is 1. The van der Waals surface area contributed by atoms with Gasteiger partial charge in [-0.05, 0) is 18.6 Å². The number of hydrazine groups is 1. The van der Waals surface area contributed by atoms with E-state index in [9.17, 15) is 18.5 Å². The molecule has 0 heterocycles. The van der Waals surface area contributed by atoms with Crippen LogP contribution in [0.2, 0.25) is 0 Å². The van der Waals surface area contributed by atoms with Crippen molar-refractivity contribution in [3.8, 4) is 0 Å². The fraction of sp³-hybridized carbons (Fsp3) is 0.400. The molecule has 0 radical (unpaired) electrons. The zero-order chi connectivity index (χ0) is 14.6. The van der Waals surface area contributed by atoms with Crippen molar-refractivity contribution in [2.24, 2.45) is 5.84 Å². The lowest BCUT2D eigenvalue weighted by Gasteiger charge is -2.16. The van der Waals surface area contributed by atoms with Crippen LogP contribution in [0, 0.1) is 10.1 Å². The Bertz CT molecular complexity index is 573. The van der Waals surface area contributed by atoms with E-state index in [1.165, 1.54) is 19.2 Å². The molecule has 0 aliphatic rings. The number of sulfonamides is 1. The van der Waals surface area contributed by atoms with Crippen molar-refractivity contribution in [2.75, 3.05) is 19.0 Å². The van der Waals surface area contributed by atoms with Crippen LogP contribution in [-0.2, 0) is 10.0 Å². The van der Waals surface area contributed by atoms with Gasteiger partial charge in [-0.1, -0.05) is 6.92 Å². The molecular weight excluding hydrogens is 272 g/mol. The van der Waals surface area contributed by atoms with Crippen LogP contribution in [0.15, 0.2) is 23.1 Å². The van der Waals surface area contributed by atoms with Gasteiger partial charge < -0.3 is 5.43 Å². The largest absolute Gasteiger partial charge is 0.324 e. The molecule has 0 fully saturated rings. The van der Waals surface area contributed by atoms with Crippen molar-refractivity contribution in [2.45, 2.75) is 18.2 Å². The second-order valence-corrected chi connectivity index (χ2v) is 5.92. The average Bonchev–Trinajstić information content (AvgIpc) is 2.38. The SMILES string of the molecule is CCCN(C)S(=O)(=O)c1ccc(NN)cc1[N+](=O)[O-]. The minimum absolute atomic E-state index is 0.267. The fourth-order valence-corrected chi connectivity index (χ4v) is 2.97. The fourth-order valence-electron chi connectivity index (χ4n) is 1.57. The standard InChI is InChI=1S/C10H16N4O4S/c1-3-6-13(2)19(17,18)10-5-4-8(12-11)7-9(10)14(15)16/h4-5,7,12H,3,6,11H2,1-2H3. The van der Waals surface area contributed by atoms with Crippen LogP contribution in [0.3, 0.4) is 0 Å². The second kappa shape index (κ2) is 5.95. The third kappa shape index (κ3) is 3.19. The Hall–Kier alpha value is -1.71. The van der Waals surface area contributed by atoms with Gasteiger partial charge in [0, 0.05) is 19.7 Å². The molecule has 19 heavy (non-hydrogen) atoms. The van der Waals surface area contributed by atoms with Gasteiger partial charge in [-0.25, -0.2) is 12.7 Å². The summed E-state index contributed by atoms with van der Waals surface area (Å²) in [6.07, 6.45) is 0.617. The molecule has 0 bridgehead atoms. The normalized spacial score (nSPS) is 11.6. The van der Waals surface area contributed by atoms with Crippen LogP contribution >= 0.6 is 0 Å². The summed E-state index contributed by atoms with van der Waals surface area (Å²) in [4.78, 5) is 9.89. The molecule has 3 N–H and O–H groups in total. The van der Waals surface area contributed by atoms with E-state index in [2.05, 4.69) is 5.43 Å². The lowest BCUT2D eigenvalue weighted by atomic mass is 10.3. The van der Waals surface area contributed by atoms with Crippen molar-refractivity contribution >= 4 is 21.4 Å². The van der Waals surface area contributed by atoms with Crippen LogP contribution in [0.4, 0.5) is 11.4 Å². The maximum absolute atomic E-state index is 12.2. The number of anilines is 1. The van der Waals surface area contributed by atoms with E-state index < -0.39 is 20.6 Å². The van der Waals surface area contributed by atoms with E-state index >= 15 is 0 Å². The highest BCUT2D eigenvalue weighted by molar-refractivity contribution is 7.89. The maximum atomic E-state index is 12.2.